The van der Waals surface area contributed by atoms with Crippen molar-refractivity contribution in [1.29, 1.82) is 0 Å². The molecule has 1 unspecified atom stereocenters. The van der Waals surface area contributed by atoms with Crippen LogP contribution >= 0.6 is 0 Å². The molecule has 1 aromatic heterocycles. The van der Waals surface area contributed by atoms with Gasteiger partial charge in [0.05, 0.1) is 13.1 Å². The van der Waals surface area contributed by atoms with Crippen LogP contribution in [0.4, 0.5) is 0 Å². The van der Waals surface area contributed by atoms with E-state index in [1.165, 1.54) is 6.33 Å². The highest BCUT2D eigenvalue weighted by Gasteiger charge is 2.32. The van der Waals surface area contributed by atoms with Crippen LogP contribution in [-0.4, -0.2) is 55.8 Å². The number of rotatable bonds is 3. The van der Waals surface area contributed by atoms with E-state index in [2.05, 4.69) is 15.4 Å². The van der Waals surface area contributed by atoms with E-state index >= 15 is 0 Å². The number of hydrogen-bond donors (Lipinski definition) is 2. The van der Waals surface area contributed by atoms with Crippen molar-refractivity contribution in [2.24, 2.45) is 7.05 Å². The molecule has 2 N–H and O–H groups in total. The first kappa shape index (κ1) is 11.5. The summed E-state index contributed by atoms with van der Waals surface area (Å²) in [5.41, 5.74) is 0. The molecule has 1 atom stereocenters. The van der Waals surface area contributed by atoms with Gasteiger partial charge in [0.1, 0.15) is 18.2 Å². The third-order valence-electron chi connectivity index (χ3n) is 2.71. The molecule has 0 saturated carbocycles. The largest absolute Gasteiger partial charge is 0.480 e. The highest BCUT2D eigenvalue weighted by atomic mass is 16.4. The molecule has 1 fully saturated rings. The van der Waals surface area contributed by atoms with Crippen LogP contribution in [-0.2, 0) is 23.2 Å². The molecule has 1 saturated heterocycles. The normalized spacial score (nSPS) is 21.2. The molecule has 8 heteroatoms. The Labute approximate surface area is 97.2 Å². The maximum absolute atomic E-state index is 11.3. The van der Waals surface area contributed by atoms with Gasteiger partial charge in [0.25, 0.3) is 0 Å². The summed E-state index contributed by atoms with van der Waals surface area (Å²) in [5, 5.41) is 15.5. The van der Waals surface area contributed by atoms with E-state index in [-0.39, 0.29) is 19.0 Å². The molecule has 17 heavy (non-hydrogen) atoms. The zero-order valence-electron chi connectivity index (χ0n) is 9.33. The van der Waals surface area contributed by atoms with Crippen LogP contribution in [0.2, 0.25) is 0 Å². The number of amides is 1. The van der Waals surface area contributed by atoms with Crippen LogP contribution in [0.3, 0.4) is 0 Å². The third kappa shape index (κ3) is 2.41. The van der Waals surface area contributed by atoms with E-state index in [0.717, 1.165) is 0 Å². The number of carbonyl (C=O) groups is 2. The number of hydrogen-bond acceptors (Lipinski definition) is 5. The molecule has 1 aliphatic heterocycles. The van der Waals surface area contributed by atoms with E-state index in [1.54, 1.807) is 16.6 Å². The second kappa shape index (κ2) is 4.50. The maximum Gasteiger partial charge on any atom is 0.322 e. The molecule has 0 aromatic carbocycles. The Morgan fingerprint density at radius 3 is 3.06 bits per heavy atom. The van der Waals surface area contributed by atoms with Crippen LogP contribution in [0.5, 0.6) is 0 Å². The average Bonchev–Trinajstić information content (AvgIpc) is 2.64. The predicted octanol–water partition coefficient (Wildman–Crippen LogP) is -1.80. The number of aliphatic carboxylic acids is 1. The number of nitrogens with one attached hydrogen (secondary N) is 1. The summed E-state index contributed by atoms with van der Waals surface area (Å²) in [6.45, 7) is 0.469. The SMILES string of the molecule is Cn1ncnc1CN1CC(=O)NCC1C(=O)O. The second-order valence-electron chi connectivity index (χ2n) is 3.86. The number of piperazine rings is 1. The Balaban J connectivity index is 2.13. The number of carboxylic acids is 1. The van der Waals surface area contributed by atoms with E-state index in [0.29, 0.717) is 12.4 Å². The summed E-state index contributed by atoms with van der Waals surface area (Å²) in [4.78, 5) is 27.9. The highest BCUT2D eigenvalue weighted by molar-refractivity contribution is 5.83. The summed E-state index contributed by atoms with van der Waals surface area (Å²) < 4.78 is 1.56. The van der Waals surface area contributed by atoms with Crippen molar-refractivity contribution in [2.45, 2.75) is 12.6 Å². The molecular formula is C9H13N5O3. The van der Waals surface area contributed by atoms with Crippen molar-refractivity contribution >= 4 is 11.9 Å². The lowest BCUT2D eigenvalue weighted by Crippen LogP contribution is -2.57. The number of carbonyl (C=O) groups excluding carboxylic acids is 1. The molecular weight excluding hydrogens is 226 g/mol. The molecule has 2 heterocycles. The lowest BCUT2D eigenvalue weighted by atomic mass is 10.2. The van der Waals surface area contributed by atoms with E-state index in [9.17, 15) is 9.59 Å². The first-order valence-electron chi connectivity index (χ1n) is 5.14. The number of nitrogens with zero attached hydrogens (tertiary/aromatic N) is 4. The fraction of sp³-hybridized carbons (Fsp3) is 0.556. The third-order valence-corrected chi connectivity index (χ3v) is 2.71. The van der Waals surface area contributed by atoms with Gasteiger partial charge in [-0.15, -0.1) is 0 Å². The van der Waals surface area contributed by atoms with Crippen LogP contribution in [0.25, 0.3) is 0 Å². The van der Waals surface area contributed by atoms with Crippen LogP contribution in [0.15, 0.2) is 6.33 Å². The molecule has 1 aliphatic rings. The Bertz CT molecular complexity index is 444. The van der Waals surface area contributed by atoms with Gasteiger partial charge >= 0.3 is 5.97 Å². The van der Waals surface area contributed by atoms with Gasteiger partial charge in [-0.3, -0.25) is 19.2 Å². The van der Waals surface area contributed by atoms with Gasteiger partial charge in [0.2, 0.25) is 5.91 Å². The lowest BCUT2D eigenvalue weighted by molar-refractivity contribution is -0.146. The first-order chi connectivity index (χ1) is 8.08. The fourth-order valence-corrected chi connectivity index (χ4v) is 1.74. The fourth-order valence-electron chi connectivity index (χ4n) is 1.74. The highest BCUT2D eigenvalue weighted by Crippen LogP contribution is 2.08. The summed E-state index contributed by atoms with van der Waals surface area (Å²) in [6, 6.07) is -0.718. The van der Waals surface area contributed by atoms with Crippen molar-refractivity contribution in [1.82, 2.24) is 25.0 Å². The minimum Gasteiger partial charge on any atom is -0.480 e. The molecule has 8 nitrogen and oxygen atoms in total. The Hall–Kier alpha value is -1.96. The van der Waals surface area contributed by atoms with Gasteiger partial charge in [-0.2, -0.15) is 5.10 Å². The molecule has 1 amide bonds. The topological polar surface area (TPSA) is 100 Å². The summed E-state index contributed by atoms with van der Waals surface area (Å²) in [6.07, 6.45) is 1.40. The summed E-state index contributed by atoms with van der Waals surface area (Å²) in [5.74, 6) is -0.497. The quantitative estimate of drug-likeness (QED) is 0.645. The van der Waals surface area contributed by atoms with E-state index in [4.69, 9.17) is 5.11 Å². The van der Waals surface area contributed by atoms with Crippen molar-refractivity contribution in [3.8, 4) is 0 Å². The molecule has 2 rings (SSSR count). The van der Waals surface area contributed by atoms with Gasteiger partial charge in [0, 0.05) is 13.6 Å². The zero-order valence-corrected chi connectivity index (χ0v) is 9.33. The van der Waals surface area contributed by atoms with Crippen LogP contribution in [0.1, 0.15) is 5.82 Å². The van der Waals surface area contributed by atoms with Crippen LogP contribution < -0.4 is 5.32 Å². The smallest absolute Gasteiger partial charge is 0.322 e. The van der Waals surface area contributed by atoms with Crippen LogP contribution in [0, 0.1) is 0 Å². The minimum atomic E-state index is -0.952. The standard InChI is InChI=1S/C9H13N5O3/c1-13-7(11-5-12-13)3-14-4-8(15)10-2-6(14)9(16)17/h5-6H,2-4H2,1H3,(H,10,15)(H,16,17). The van der Waals surface area contributed by atoms with Gasteiger partial charge < -0.3 is 10.4 Å². The van der Waals surface area contributed by atoms with Crippen molar-refractivity contribution in [3.05, 3.63) is 12.2 Å². The Morgan fingerprint density at radius 2 is 2.47 bits per heavy atom. The number of aromatic nitrogens is 3. The summed E-state index contributed by atoms with van der Waals surface area (Å²) >= 11 is 0. The van der Waals surface area contributed by atoms with Crippen molar-refractivity contribution < 1.29 is 14.7 Å². The second-order valence-corrected chi connectivity index (χ2v) is 3.86. The van der Waals surface area contributed by atoms with Crippen molar-refractivity contribution in [3.63, 3.8) is 0 Å². The zero-order chi connectivity index (χ0) is 12.4. The number of carboxylic acid groups (broad SMARTS) is 1. The van der Waals surface area contributed by atoms with Gasteiger partial charge in [0.15, 0.2) is 0 Å². The maximum atomic E-state index is 11.3. The molecule has 1 aromatic rings. The minimum absolute atomic E-state index is 0.0594. The average molecular weight is 239 g/mol. The number of aryl methyl sites for hydroxylation is 1. The molecule has 0 spiro atoms. The molecule has 0 radical (unpaired) electrons. The first-order valence-corrected chi connectivity index (χ1v) is 5.14. The Kier molecular flexibility index (Phi) is 3.05. The van der Waals surface area contributed by atoms with Gasteiger partial charge in [-0.1, -0.05) is 0 Å². The van der Waals surface area contributed by atoms with Gasteiger partial charge in [-0.25, -0.2) is 4.98 Å². The van der Waals surface area contributed by atoms with E-state index in [1.807, 2.05) is 0 Å². The summed E-state index contributed by atoms with van der Waals surface area (Å²) in [7, 11) is 1.72. The van der Waals surface area contributed by atoms with E-state index < -0.39 is 12.0 Å². The van der Waals surface area contributed by atoms with Crippen molar-refractivity contribution in [2.75, 3.05) is 13.1 Å². The molecule has 0 bridgehead atoms. The Morgan fingerprint density at radius 1 is 1.71 bits per heavy atom. The monoisotopic (exact) mass is 239 g/mol. The van der Waals surface area contributed by atoms with Gasteiger partial charge in [-0.05, 0) is 0 Å². The molecule has 0 aliphatic carbocycles. The predicted molar refractivity (Wildman–Crippen MR) is 55.8 cm³/mol. The molecule has 92 valence electrons. The lowest BCUT2D eigenvalue weighted by Gasteiger charge is -2.31.